The van der Waals surface area contributed by atoms with E-state index < -0.39 is 0 Å². The van der Waals surface area contributed by atoms with Crippen molar-refractivity contribution in [1.29, 1.82) is 0 Å². The molecule has 0 heterocycles. The first kappa shape index (κ1) is 11.6. The summed E-state index contributed by atoms with van der Waals surface area (Å²) in [4.78, 5) is 11.5. The second kappa shape index (κ2) is 5.43. The Labute approximate surface area is 94.6 Å². The molecule has 1 N–H and O–H groups in total. The third kappa shape index (κ3) is 3.30. The van der Waals surface area contributed by atoms with Gasteiger partial charge in [-0.2, -0.15) is 0 Å². The van der Waals surface area contributed by atoms with Crippen LogP contribution in [0, 0.1) is 18.3 Å². The number of hydrogen-bond donors (Lipinski definition) is 1. The fraction of sp³-hybridized carbons (Fsp3) is 0.250. The molecule has 0 saturated heterocycles. The van der Waals surface area contributed by atoms with Crippen molar-refractivity contribution in [3.8, 4) is 12.3 Å². The SMILES string of the molecule is C#Cc1cccc(NC(=O)C(C)CCl)c1. The molecule has 1 atom stereocenters. The fourth-order valence-electron chi connectivity index (χ4n) is 1.02. The van der Waals surface area contributed by atoms with Crippen molar-refractivity contribution in [2.45, 2.75) is 6.92 Å². The molecule has 1 rings (SSSR count). The highest BCUT2D eigenvalue weighted by Crippen LogP contribution is 2.11. The Morgan fingerprint density at radius 1 is 1.67 bits per heavy atom. The molecule has 78 valence electrons. The van der Waals surface area contributed by atoms with Gasteiger partial charge in [-0.05, 0) is 18.2 Å². The van der Waals surface area contributed by atoms with Gasteiger partial charge in [-0.15, -0.1) is 18.0 Å². The summed E-state index contributed by atoms with van der Waals surface area (Å²) < 4.78 is 0. The molecule has 1 amide bonds. The van der Waals surface area contributed by atoms with Crippen molar-refractivity contribution >= 4 is 23.2 Å². The third-order valence-electron chi connectivity index (χ3n) is 1.98. The minimum absolute atomic E-state index is 0.0980. The van der Waals surface area contributed by atoms with Gasteiger partial charge >= 0.3 is 0 Å². The van der Waals surface area contributed by atoms with Gasteiger partial charge < -0.3 is 5.32 Å². The maximum atomic E-state index is 11.5. The van der Waals surface area contributed by atoms with E-state index in [-0.39, 0.29) is 11.8 Å². The number of terminal acetylenes is 1. The van der Waals surface area contributed by atoms with Crippen molar-refractivity contribution in [2.75, 3.05) is 11.2 Å². The summed E-state index contributed by atoms with van der Waals surface area (Å²) in [5.74, 6) is 2.51. The Morgan fingerprint density at radius 3 is 3.00 bits per heavy atom. The monoisotopic (exact) mass is 221 g/mol. The number of benzene rings is 1. The van der Waals surface area contributed by atoms with Crippen molar-refractivity contribution in [2.24, 2.45) is 5.92 Å². The van der Waals surface area contributed by atoms with E-state index in [2.05, 4.69) is 11.2 Å². The number of carbonyl (C=O) groups excluding carboxylic acids is 1. The second-order valence-electron chi connectivity index (χ2n) is 3.27. The van der Waals surface area contributed by atoms with Crippen molar-refractivity contribution in [3.63, 3.8) is 0 Å². The predicted molar refractivity (Wildman–Crippen MR) is 62.9 cm³/mol. The lowest BCUT2D eigenvalue weighted by Crippen LogP contribution is -2.21. The first-order chi connectivity index (χ1) is 7.17. The molecule has 1 aromatic rings. The minimum Gasteiger partial charge on any atom is -0.326 e. The van der Waals surface area contributed by atoms with Gasteiger partial charge in [-0.3, -0.25) is 4.79 Å². The van der Waals surface area contributed by atoms with Crippen molar-refractivity contribution in [1.82, 2.24) is 0 Å². The summed E-state index contributed by atoms with van der Waals surface area (Å²) in [6.45, 7) is 1.77. The number of anilines is 1. The molecule has 0 aliphatic heterocycles. The van der Waals surface area contributed by atoms with Gasteiger partial charge in [0.05, 0.1) is 0 Å². The van der Waals surface area contributed by atoms with Crippen LogP contribution in [0.2, 0.25) is 0 Å². The number of hydrogen-bond acceptors (Lipinski definition) is 1. The van der Waals surface area contributed by atoms with E-state index in [1.54, 1.807) is 31.2 Å². The second-order valence-corrected chi connectivity index (χ2v) is 3.58. The lowest BCUT2D eigenvalue weighted by atomic mass is 10.1. The topological polar surface area (TPSA) is 29.1 Å². The zero-order valence-corrected chi connectivity index (χ0v) is 9.21. The molecule has 2 nitrogen and oxygen atoms in total. The van der Waals surface area contributed by atoms with E-state index in [1.807, 2.05) is 0 Å². The summed E-state index contributed by atoms with van der Waals surface area (Å²) >= 11 is 5.58. The van der Waals surface area contributed by atoms with Crippen LogP contribution in [0.15, 0.2) is 24.3 Å². The molecule has 1 aromatic carbocycles. The van der Waals surface area contributed by atoms with E-state index in [0.717, 1.165) is 5.56 Å². The van der Waals surface area contributed by atoms with Crippen LogP contribution in [0.25, 0.3) is 0 Å². The van der Waals surface area contributed by atoms with E-state index in [0.29, 0.717) is 11.6 Å². The average molecular weight is 222 g/mol. The minimum atomic E-state index is -0.207. The zero-order chi connectivity index (χ0) is 11.3. The number of amides is 1. The van der Waals surface area contributed by atoms with Gasteiger partial charge in [-0.25, -0.2) is 0 Å². The first-order valence-electron chi connectivity index (χ1n) is 4.61. The molecule has 0 aliphatic carbocycles. The van der Waals surface area contributed by atoms with Crippen LogP contribution in [0.3, 0.4) is 0 Å². The molecule has 0 radical (unpaired) electrons. The van der Waals surface area contributed by atoms with Crippen molar-refractivity contribution < 1.29 is 4.79 Å². The normalized spacial score (nSPS) is 11.5. The Kier molecular flexibility index (Phi) is 4.20. The number of nitrogens with one attached hydrogen (secondary N) is 1. The largest absolute Gasteiger partial charge is 0.326 e. The smallest absolute Gasteiger partial charge is 0.228 e. The quantitative estimate of drug-likeness (QED) is 0.617. The van der Waals surface area contributed by atoms with E-state index in [9.17, 15) is 4.79 Å². The maximum Gasteiger partial charge on any atom is 0.228 e. The van der Waals surface area contributed by atoms with Gasteiger partial charge in [0.1, 0.15) is 0 Å². The predicted octanol–water partition coefficient (Wildman–Crippen LogP) is 2.48. The van der Waals surface area contributed by atoms with Crippen LogP contribution in [-0.2, 0) is 4.79 Å². The number of carbonyl (C=O) groups is 1. The summed E-state index contributed by atoms with van der Waals surface area (Å²) in [7, 11) is 0. The fourth-order valence-corrected chi connectivity index (χ4v) is 1.16. The Balaban J connectivity index is 2.73. The highest BCUT2D eigenvalue weighted by Gasteiger charge is 2.11. The maximum absolute atomic E-state index is 11.5. The van der Waals surface area contributed by atoms with E-state index in [1.165, 1.54) is 0 Å². The molecule has 15 heavy (non-hydrogen) atoms. The van der Waals surface area contributed by atoms with Gasteiger partial charge in [-0.1, -0.05) is 18.9 Å². The lowest BCUT2D eigenvalue weighted by molar-refractivity contribution is -0.118. The van der Waals surface area contributed by atoms with Gasteiger partial charge in [0, 0.05) is 23.0 Å². The van der Waals surface area contributed by atoms with Crippen LogP contribution >= 0.6 is 11.6 Å². The summed E-state index contributed by atoms with van der Waals surface area (Å²) in [5.41, 5.74) is 1.44. The van der Waals surface area contributed by atoms with Crippen molar-refractivity contribution in [3.05, 3.63) is 29.8 Å². The Morgan fingerprint density at radius 2 is 2.40 bits per heavy atom. The zero-order valence-electron chi connectivity index (χ0n) is 8.46. The van der Waals surface area contributed by atoms with Crippen LogP contribution in [0.4, 0.5) is 5.69 Å². The van der Waals surface area contributed by atoms with Crippen LogP contribution in [-0.4, -0.2) is 11.8 Å². The van der Waals surface area contributed by atoms with Crippen LogP contribution in [0.5, 0.6) is 0 Å². The van der Waals surface area contributed by atoms with E-state index >= 15 is 0 Å². The Hall–Kier alpha value is -1.46. The summed E-state index contributed by atoms with van der Waals surface area (Å²) in [6, 6.07) is 7.15. The first-order valence-corrected chi connectivity index (χ1v) is 5.14. The van der Waals surface area contributed by atoms with Crippen LogP contribution < -0.4 is 5.32 Å². The Bertz CT molecular complexity index is 395. The van der Waals surface area contributed by atoms with Gasteiger partial charge in [0.15, 0.2) is 0 Å². The molecule has 0 aliphatic rings. The van der Waals surface area contributed by atoms with Gasteiger partial charge in [0.25, 0.3) is 0 Å². The molecule has 3 heteroatoms. The summed E-state index contributed by atoms with van der Waals surface area (Å²) in [6.07, 6.45) is 5.25. The molecule has 1 unspecified atom stereocenters. The lowest BCUT2D eigenvalue weighted by Gasteiger charge is -2.09. The molecule has 0 aromatic heterocycles. The summed E-state index contributed by atoms with van der Waals surface area (Å²) in [5, 5.41) is 2.75. The number of alkyl halides is 1. The number of halogens is 1. The molecule has 0 fully saturated rings. The standard InChI is InChI=1S/C12H12ClNO/c1-3-10-5-4-6-11(7-10)14-12(15)9(2)8-13/h1,4-7,9H,8H2,2H3,(H,14,15). The highest BCUT2D eigenvalue weighted by atomic mass is 35.5. The average Bonchev–Trinajstić information content (AvgIpc) is 2.28. The molecule has 0 saturated carbocycles. The molecule has 0 spiro atoms. The molecule has 0 bridgehead atoms. The highest BCUT2D eigenvalue weighted by molar-refractivity contribution is 6.19. The van der Waals surface area contributed by atoms with E-state index in [4.69, 9.17) is 18.0 Å². The van der Waals surface area contributed by atoms with Gasteiger partial charge in [0.2, 0.25) is 5.91 Å². The molecular weight excluding hydrogens is 210 g/mol. The third-order valence-corrected chi connectivity index (χ3v) is 2.44. The number of rotatable bonds is 3. The molecular formula is C12H12ClNO. The van der Waals surface area contributed by atoms with Crippen LogP contribution in [0.1, 0.15) is 12.5 Å².